The van der Waals surface area contributed by atoms with Gasteiger partial charge in [0, 0.05) is 15.0 Å². The summed E-state index contributed by atoms with van der Waals surface area (Å²) in [6, 6.07) is 21.3. The number of hydrogen-bond donors (Lipinski definition) is 0. The Morgan fingerprint density at radius 2 is 1.39 bits per heavy atom. The highest BCUT2D eigenvalue weighted by Gasteiger charge is 2.04. The topological polar surface area (TPSA) is 0 Å². The Hall–Kier alpha value is -0.860. The van der Waals surface area contributed by atoms with E-state index in [1.54, 1.807) is 0 Å². The van der Waals surface area contributed by atoms with Crippen LogP contribution in [0.3, 0.4) is 0 Å². The van der Waals surface area contributed by atoms with E-state index in [1.807, 2.05) is 23.5 Å². The molecule has 94 valence electrons. The fourth-order valence-electron chi connectivity index (χ4n) is 1.65. The SMILES string of the molecule is CC(CCSc1ccccc1)Sc1ccccc1. The highest BCUT2D eigenvalue weighted by molar-refractivity contribution is 8.00. The lowest BCUT2D eigenvalue weighted by atomic mass is 10.4. The first-order valence-electron chi connectivity index (χ1n) is 6.24. The largest absolute Gasteiger partial charge is 0.126 e. The van der Waals surface area contributed by atoms with Gasteiger partial charge in [-0.1, -0.05) is 43.3 Å². The molecule has 0 aliphatic rings. The van der Waals surface area contributed by atoms with Gasteiger partial charge in [0.25, 0.3) is 0 Å². The molecule has 0 aliphatic carbocycles. The van der Waals surface area contributed by atoms with Gasteiger partial charge in [-0.05, 0) is 36.4 Å². The molecule has 1 atom stereocenters. The molecular weight excluding hydrogens is 256 g/mol. The van der Waals surface area contributed by atoms with Gasteiger partial charge in [0.05, 0.1) is 0 Å². The Kier molecular flexibility index (Phi) is 5.69. The molecule has 0 heterocycles. The molecule has 0 saturated carbocycles. The zero-order valence-electron chi connectivity index (χ0n) is 10.6. The van der Waals surface area contributed by atoms with E-state index in [-0.39, 0.29) is 0 Å². The highest BCUT2D eigenvalue weighted by atomic mass is 32.2. The van der Waals surface area contributed by atoms with Crippen molar-refractivity contribution < 1.29 is 0 Å². The van der Waals surface area contributed by atoms with Crippen molar-refractivity contribution >= 4 is 23.5 Å². The molecule has 0 spiro atoms. The summed E-state index contributed by atoms with van der Waals surface area (Å²) in [7, 11) is 0. The molecule has 2 heteroatoms. The van der Waals surface area contributed by atoms with Gasteiger partial charge >= 0.3 is 0 Å². The first-order valence-corrected chi connectivity index (χ1v) is 8.10. The summed E-state index contributed by atoms with van der Waals surface area (Å²) in [5, 5.41) is 0.670. The fraction of sp³-hybridized carbons (Fsp3) is 0.250. The Labute approximate surface area is 118 Å². The quantitative estimate of drug-likeness (QED) is 0.651. The number of hydrogen-bond acceptors (Lipinski definition) is 2. The van der Waals surface area contributed by atoms with Gasteiger partial charge in [0.1, 0.15) is 0 Å². The van der Waals surface area contributed by atoms with Crippen LogP contribution < -0.4 is 0 Å². The molecule has 0 aromatic heterocycles. The lowest BCUT2D eigenvalue weighted by Gasteiger charge is -2.10. The average Bonchev–Trinajstić information content (AvgIpc) is 2.41. The van der Waals surface area contributed by atoms with Crippen LogP contribution in [0.25, 0.3) is 0 Å². The predicted molar refractivity (Wildman–Crippen MR) is 83.5 cm³/mol. The third-order valence-electron chi connectivity index (χ3n) is 2.62. The minimum atomic E-state index is 0.670. The van der Waals surface area contributed by atoms with Crippen molar-refractivity contribution in [2.24, 2.45) is 0 Å². The van der Waals surface area contributed by atoms with Crippen molar-refractivity contribution in [3.63, 3.8) is 0 Å². The van der Waals surface area contributed by atoms with Crippen LogP contribution in [-0.4, -0.2) is 11.0 Å². The fourth-order valence-corrected chi connectivity index (χ4v) is 3.87. The first-order chi connectivity index (χ1) is 8.84. The Morgan fingerprint density at radius 3 is 2.00 bits per heavy atom. The maximum absolute atomic E-state index is 2.31. The van der Waals surface area contributed by atoms with Crippen LogP contribution in [0.5, 0.6) is 0 Å². The van der Waals surface area contributed by atoms with E-state index in [9.17, 15) is 0 Å². The Balaban J connectivity index is 1.71. The summed E-state index contributed by atoms with van der Waals surface area (Å²) in [5.41, 5.74) is 0. The van der Waals surface area contributed by atoms with Crippen molar-refractivity contribution in [1.82, 2.24) is 0 Å². The van der Waals surface area contributed by atoms with Crippen LogP contribution in [0, 0.1) is 0 Å². The van der Waals surface area contributed by atoms with E-state index in [0.717, 1.165) is 0 Å². The second-order valence-corrected chi connectivity index (χ2v) is 6.87. The third-order valence-corrected chi connectivity index (χ3v) is 4.84. The van der Waals surface area contributed by atoms with E-state index in [0.29, 0.717) is 5.25 Å². The van der Waals surface area contributed by atoms with Crippen LogP contribution in [-0.2, 0) is 0 Å². The third kappa shape index (κ3) is 4.79. The summed E-state index contributed by atoms with van der Waals surface area (Å²) >= 11 is 3.91. The molecule has 0 radical (unpaired) electrons. The zero-order chi connectivity index (χ0) is 12.6. The molecule has 0 amide bonds. The molecule has 2 aromatic carbocycles. The molecule has 0 bridgehead atoms. The van der Waals surface area contributed by atoms with Gasteiger partial charge in [-0.15, -0.1) is 23.5 Å². The van der Waals surface area contributed by atoms with Crippen molar-refractivity contribution in [2.75, 3.05) is 5.75 Å². The van der Waals surface area contributed by atoms with E-state index in [1.165, 1.54) is 22.0 Å². The predicted octanol–water partition coefficient (Wildman–Crippen LogP) is 5.35. The summed E-state index contributed by atoms with van der Waals surface area (Å²) in [5.74, 6) is 1.19. The number of rotatable bonds is 6. The average molecular weight is 274 g/mol. The molecule has 18 heavy (non-hydrogen) atoms. The Bertz CT molecular complexity index is 439. The van der Waals surface area contributed by atoms with Gasteiger partial charge in [-0.2, -0.15) is 0 Å². The maximum atomic E-state index is 2.31. The van der Waals surface area contributed by atoms with Crippen molar-refractivity contribution in [2.45, 2.75) is 28.4 Å². The zero-order valence-corrected chi connectivity index (χ0v) is 12.2. The van der Waals surface area contributed by atoms with Crippen molar-refractivity contribution in [3.05, 3.63) is 60.7 Å². The minimum Gasteiger partial charge on any atom is -0.126 e. The Morgan fingerprint density at radius 1 is 0.833 bits per heavy atom. The monoisotopic (exact) mass is 274 g/mol. The first kappa shape index (κ1) is 13.6. The van der Waals surface area contributed by atoms with Crippen LogP contribution in [0.2, 0.25) is 0 Å². The normalized spacial score (nSPS) is 12.3. The second-order valence-electron chi connectivity index (χ2n) is 4.19. The summed E-state index contributed by atoms with van der Waals surface area (Å²) in [4.78, 5) is 2.74. The van der Waals surface area contributed by atoms with E-state index in [2.05, 4.69) is 67.6 Å². The molecular formula is C16H18S2. The molecule has 1 unspecified atom stereocenters. The molecule has 2 aromatic rings. The molecule has 0 aliphatic heterocycles. The van der Waals surface area contributed by atoms with Gasteiger partial charge in [0.15, 0.2) is 0 Å². The van der Waals surface area contributed by atoms with Crippen LogP contribution in [0.1, 0.15) is 13.3 Å². The summed E-state index contributed by atoms with van der Waals surface area (Å²) in [6.45, 7) is 2.31. The van der Waals surface area contributed by atoms with Crippen LogP contribution in [0.15, 0.2) is 70.5 Å². The standard InChI is InChI=1S/C16H18S2/c1-14(18-16-10-6-3-7-11-16)12-13-17-15-8-4-2-5-9-15/h2-11,14H,12-13H2,1H3. The molecule has 2 rings (SSSR count). The summed E-state index contributed by atoms with van der Waals surface area (Å²) in [6.07, 6.45) is 1.24. The van der Waals surface area contributed by atoms with E-state index >= 15 is 0 Å². The second kappa shape index (κ2) is 7.55. The highest BCUT2D eigenvalue weighted by Crippen LogP contribution is 2.27. The molecule has 0 fully saturated rings. The molecule has 0 saturated heterocycles. The van der Waals surface area contributed by atoms with Crippen molar-refractivity contribution in [1.29, 1.82) is 0 Å². The number of thioether (sulfide) groups is 2. The van der Waals surface area contributed by atoms with Gasteiger partial charge in [-0.3, -0.25) is 0 Å². The minimum absolute atomic E-state index is 0.670. The van der Waals surface area contributed by atoms with Gasteiger partial charge in [0.2, 0.25) is 0 Å². The number of benzene rings is 2. The lowest BCUT2D eigenvalue weighted by molar-refractivity contribution is 0.916. The van der Waals surface area contributed by atoms with Crippen LogP contribution in [0.4, 0.5) is 0 Å². The lowest BCUT2D eigenvalue weighted by Crippen LogP contribution is -1.97. The van der Waals surface area contributed by atoms with Crippen molar-refractivity contribution in [3.8, 4) is 0 Å². The van der Waals surface area contributed by atoms with Gasteiger partial charge in [-0.25, -0.2) is 0 Å². The maximum Gasteiger partial charge on any atom is 0.00746 e. The smallest absolute Gasteiger partial charge is 0.00746 e. The van der Waals surface area contributed by atoms with E-state index in [4.69, 9.17) is 0 Å². The van der Waals surface area contributed by atoms with E-state index < -0.39 is 0 Å². The molecule has 0 N–H and O–H groups in total. The van der Waals surface area contributed by atoms with Gasteiger partial charge < -0.3 is 0 Å². The van der Waals surface area contributed by atoms with Crippen LogP contribution >= 0.6 is 23.5 Å². The summed E-state index contributed by atoms with van der Waals surface area (Å²) < 4.78 is 0. The molecule has 0 nitrogen and oxygen atoms in total.